The third-order valence-electron chi connectivity index (χ3n) is 2.61. The smallest absolute Gasteiger partial charge is 0.171 e. The van der Waals surface area contributed by atoms with Gasteiger partial charge in [-0.05, 0) is 25.9 Å². The number of carbonyl (C=O) groups excluding carboxylic acids is 1. The summed E-state index contributed by atoms with van der Waals surface area (Å²) >= 11 is 0. The first-order valence-corrected chi connectivity index (χ1v) is 4.82. The van der Waals surface area contributed by atoms with Crippen LogP contribution in [0.3, 0.4) is 0 Å². The van der Waals surface area contributed by atoms with Crippen LogP contribution in [-0.2, 0) is 6.54 Å². The zero-order chi connectivity index (χ0) is 9.97. The highest BCUT2D eigenvalue weighted by Crippen LogP contribution is 2.15. The van der Waals surface area contributed by atoms with Gasteiger partial charge in [0.15, 0.2) is 6.29 Å². The maximum absolute atomic E-state index is 10.4. The predicted molar refractivity (Wildman–Crippen MR) is 51.0 cm³/mol. The Bertz CT molecular complexity index is 322. The fraction of sp³-hybridized carbons (Fsp3) is 0.667. The molecule has 2 rings (SSSR count). The summed E-state index contributed by atoms with van der Waals surface area (Å²) in [6.45, 7) is 3.13. The molecular formula is C9H14N4O. The molecule has 1 aliphatic rings. The largest absolute Gasteiger partial charge is 0.306 e. The molecule has 0 spiro atoms. The van der Waals surface area contributed by atoms with Crippen LogP contribution in [0, 0.1) is 5.92 Å². The van der Waals surface area contributed by atoms with Gasteiger partial charge in [-0.2, -0.15) is 0 Å². The number of aromatic nitrogens is 3. The number of likely N-dealkylation sites (tertiary alicyclic amines) is 1. The summed E-state index contributed by atoms with van der Waals surface area (Å²) in [5, 5.41) is 7.62. The van der Waals surface area contributed by atoms with Gasteiger partial charge in [-0.15, -0.1) is 5.10 Å². The van der Waals surface area contributed by atoms with E-state index >= 15 is 0 Å². The molecule has 2 heterocycles. The zero-order valence-electron chi connectivity index (χ0n) is 8.26. The van der Waals surface area contributed by atoms with Gasteiger partial charge in [0.05, 0.1) is 6.20 Å². The molecule has 1 aromatic heterocycles. The van der Waals surface area contributed by atoms with E-state index in [0.29, 0.717) is 11.6 Å². The van der Waals surface area contributed by atoms with Crippen LogP contribution >= 0.6 is 0 Å². The Labute approximate surface area is 82.7 Å². The Kier molecular flexibility index (Phi) is 2.58. The van der Waals surface area contributed by atoms with E-state index in [9.17, 15) is 4.79 Å². The summed E-state index contributed by atoms with van der Waals surface area (Å²) in [7, 11) is 2.12. The minimum absolute atomic E-state index is 0.413. The van der Waals surface area contributed by atoms with Crippen LogP contribution in [0.5, 0.6) is 0 Å². The molecule has 0 aromatic carbocycles. The molecule has 5 nitrogen and oxygen atoms in total. The van der Waals surface area contributed by atoms with Crippen molar-refractivity contribution in [1.29, 1.82) is 0 Å². The standard InChI is InChI=1S/C9H14N4O/c1-12-3-2-8(4-12)5-13-6-9(7-14)10-11-13/h6-8H,2-5H2,1H3/t8-/m1/s1. The van der Waals surface area contributed by atoms with Gasteiger partial charge >= 0.3 is 0 Å². The molecule has 5 heteroatoms. The average Bonchev–Trinajstić information content (AvgIpc) is 2.76. The van der Waals surface area contributed by atoms with E-state index in [4.69, 9.17) is 0 Å². The Morgan fingerprint density at radius 2 is 2.57 bits per heavy atom. The third-order valence-corrected chi connectivity index (χ3v) is 2.61. The highest BCUT2D eigenvalue weighted by Gasteiger charge is 2.20. The van der Waals surface area contributed by atoms with E-state index in [1.807, 2.05) is 0 Å². The van der Waals surface area contributed by atoms with Crippen LogP contribution in [0.4, 0.5) is 0 Å². The second-order valence-electron chi connectivity index (χ2n) is 3.90. The minimum Gasteiger partial charge on any atom is -0.306 e. The van der Waals surface area contributed by atoms with Crippen molar-refractivity contribution in [2.24, 2.45) is 5.92 Å². The van der Waals surface area contributed by atoms with Gasteiger partial charge in [-0.25, -0.2) is 0 Å². The first kappa shape index (κ1) is 9.33. The van der Waals surface area contributed by atoms with Crippen LogP contribution < -0.4 is 0 Å². The van der Waals surface area contributed by atoms with E-state index in [2.05, 4.69) is 22.3 Å². The summed E-state index contributed by atoms with van der Waals surface area (Å²) in [4.78, 5) is 12.7. The first-order valence-electron chi connectivity index (χ1n) is 4.82. The monoisotopic (exact) mass is 194 g/mol. The fourth-order valence-electron chi connectivity index (χ4n) is 1.90. The van der Waals surface area contributed by atoms with Crippen molar-refractivity contribution in [3.8, 4) is 0 Å². The number of hydrogen-bond acceptors (Lipinski definition) is 4. The molecular weight excluding hydrogens is 180 g/mol. The molecule has 1 aromatic rings. The lowest BCUT2D eigenvalue weighted by atomic mass is 10.1. The number of carbonyl (C=O) groups is 1. The van der Waals surface area contributed by atoms with Crippen molar-refractivity contribution < 1.29 is 4.79 Å². The molecule has 0 saturated carbocycles. The van der Waals surface area contributed by atoms with Crippen molar-refractivity contribution >= 4 is 6.29 Å². The van der Waals surface area contributed by atoms with E-state index in [1.54, 1.807) is 10.9 Å². The Morgan fingerprint density at radius 1 is 1.71 bits per heavy atom. The second kappa shape index (κ2) is 3.88. The summed E-state index contributed by atoms with van der Waals surface area (Å²) in [6.07, 6.45) is 3.63. The Hall–Kier alpha value is -1.23. The molecule has 0 amide bonds. The Morgan fingerprint density at radius 3 is 3.14 bits per heavy atom. The second-order valence-corrected chi connectivity index (χ2v) is 3.90. The van der Waals surface area contributed by atoms with Crippen molar-refractivity contribution in [3.63, 3.8) is 0 Å². The summed E-state index contributed by atoms with van der Waals surface area (Å²) < 4.78 is 1.76. The van der Waals surface area contributed by atoms with Crippen molar-refractivity contribution in [2.75, 3.05) is 20.1 Å². The highest BCUT2D eigenvalue weighted by molar-refractivity contribution is 5.70. The quantitative estimate of drug-likeness (QED) is 0.638. The highest BCUT2D eigenvalue weighted by atomic mass is 16.1. The number of aldehydes is 1. The van der Waals surface area contributed by atoms with Crippen molar-refractivity contribution in [2.45, 2.75) is 13.0 Å². The average molecular weight is 194 g/mol. The van der Waals surface area contributed by atoms with Gasteiger partial charge in [-0.1, -0.05) is 5.21 Å². The summed E-state index contributed by atoms with van der Waals surface area (Å²) in [5.41, 5.74) is 0.413. The number of rotatable bonds is 3. The number of hydrogen-bond donors (Lipinski definition) is 0. The van der Waals surface area contributed by atoms with E-state index in [-0.39, 0.29) is 0 Å². The zero-order valence-corrected chi connectivity index (χ0v) is 8.26. The first-order chi connectivity index (χ1) is 6.78. The summed E-state index contributed by atoms with van der Waals surface area (Å²) in [5.74, 6) is 0.640. The molecule has 1 saturated heterocycles. The molecule has 0 bridgehead atoms. The van der Waals surface area contributed by atoms with Gasteiger partial charge in [0.1, 0.15) is 5.69 Å². The SMILES string of the molecule is CN1CC[C@@H](Cn2cc(C=O)nn2)C1. The molecule has 14 heavy (non-hydrogen) atoms. The molecule has 0 aliphatic carbocycles. The van der Waals surface area contributed by atoms with Gasteiger partial charge in [0.25, 0.3) is 0 Å². The topological polar surface area (TPSA) is 51.0 Å². The lowest BCUT2D eigenvalue weighted by Crippen LogP contribution is -2.17. The van der Waals surface area contributed by atoms with E-state index in [0.717, 1.165) is 25.9 Å². The van der Waals surface area contributed by atoms with Crippen molar-refractivity contribution in [3.05, 3.63) is 11.9 Å². The van der Waals surface area contributed by atoms with E-state index < -0.39 is 0 Å². The molecule has 0 N–H and O–H groups in total. The minimum atomic E-state index is 0.413. The molecule has 1 aliphatic heterocycles. The van der Waals surface area contributed by atoms with Gasteiger partial charge in [-0.3, -0.25) is 9.48 Å². The molecule has 76 valence electrons. The van der Waals surface area contributed by atoms with Crippen LogP contribution in [0.15, 0.2) is 6.20 Å². The predicted octanol–water partition coefficient (Wildman–Crippen LogP) is 0.0423. The fourth-order valence-corrected chi connectivity index (χ4v) is 1.90. The normalized spacial score (nSPS) is 22.8. The van der Waals surface area contributed by atoms with Crippen LogP contribution in [0.1, 0.15) is 16.9 Å². The lowest BCUT2D eigenvalue weighted by Gasteiger charge is -2.09. The Balaban J connectivity index is 1.93. The lowest BCUT2D eigenvalue weighted by molar-refractivity contribution is 0.111. The molecule has 1 atom stereocenters. The molecule has 0 radical (unpaired) electrons. The third kappa shape index (κ3) is 1.98. The number of nitrogens with zero attached hydrogens (tertiary/aromatic N) is 4. The maximum Gasteiger partial charge on any atom is 0.171 e. The summed E-state index contributed by atoms with van der Waals surface area (Å²) in [6, 6.07) is 0. The van der Waals surface area contributed by atoms with Crippen LogP contribution in [-0.4, -0.2) is 46.3 Å². The van der Waals surface area contributed by atoms with Gasteiger partial charge in [0, 0.05) is 13.1 Å². The van der Waals surface area contributed by atoms with Crippen LogP contribution in [0.2, 0.25) is 0 Å². The van der Waals surface area contributed by atoms with Gasteiger partial charge < -0.3 is 4.90 Å². The van der Waals surface area contributed by atoms with Gasteiger partial charge in [0.2, 0.25) is 0 Å². The van der Waals surface area contributed by atoms with Crippen molar-refractivity contribution in [1.82, 2.24) is 19.9 Å². The molecule has 1 fully saturated rings. The van der Waals surface area contributed by atoms with E-state index in [1.165, 1.54) is 6.42 Å². The maximum atomic E-state index is 10.4. The van der Waals surface area contributed by atoms with Crippen LogP contribution in [0.25, 0.3) is 0 Å². The molecule has 0 unspecified atom stereocenters.